The zero-order chi connectivity index (χ0) is 17.4. The molecule has 3 atom stereocenters. The summed E-state index contributed by atoms with van der Waals surface area (Å²) in [6.45, 7) is 7.66. The van der Waals surface area contributed by atoms with Crippen molar-refractivity contribution in [3.63, 3.8) is 0 Å². The maximum Gasteiger partial charge on any atom is 0.410 e. The minimum absolute atomic E-state index is 0.0414. The van der Waals surface area contributed by atoms with Crippen molar-refractivity contribution >= 4 is 18.0 Å². The van der Waals surface area contributed by atoms with E-state index in [1.807, 2.05) is 6.92 Å². The summed E-state index contributed by atoms with van der Waals surface area (Å²) in [6.07, 6.45) is 1.85. The average Bonchev–Trinajstić information content (AvgIpc) is 2.92. The van der Waals surface area contributed by atoms with Crippen LogP contribution in [0.15, 0.2) is 0 Å². The summed E-state index contributed by atoms with van der Waals surface area (Å²) in [7, 11) is 0. The van der Waals surface area contributed by atoms with E-state index < -0.39 is 35.2 Å². The second-order valence-corrected chi connectivity index (χ2v) is 7.41. The first-order chi connectivity index (χ1) is 10.6. The van der Waals surface area contributed by atoms with E-state index in [4.69, 9.17) is 4.74 Å². The Hall–Kier alpha value is -1.79. The summed E-state index contributed by atoms with van der Waals surface area (Å²) in [5.41, 5.74) is -1.79. The Bertz CT molecular complexity index is 513. The molecule has 2 rings (SSSR count). The Labute approximate surface area is 136 Å². The summed E-state index contributed by atoms with van der Waals surface area (Å²) in [5.74, 6) is -1.44. The van der Waals surface area contributed by atoms with Crippen LogP contribution in [0.3, 0.4) is 0 Å². The van der Waals surface area contributed by atoms with Crippen molar-refractivity contribution in [1.82, 2.24) is 10.2 Å². The van der Waals surface area contributed by atoms with E-state index in [0.717, 1.165) is 0 Å². The number of hydrogen-bond acceptors (Lipinski definition) is 4. The van der Waals surface area contributed by atoms with Gasteiger partial charge in [-0.25, -0.2) is 9.59 Å². The number of carboxylic acid groups (broad SMARTS) is 1. The van der Waals surface area contributed by atoms with Gasteiger partial charge in [0.15, 0.2) is 0 Å². The van der Waals surface area contributed by atoms with Crippen molar-refractivity contribution < 1.29 is 24.2 Å². The van der Waals surface area contributed by atoms with Crippen molar-refractivity contribution in [2.75, 3.05) is 6.54 Å². The number of rotatable bonds is 4. The van der Waals surface area contributed by atoms with Gasteiger partial charge in [-0.2, -0.15) is 0 Å². The minimum atomic E-state index is -1.16. The first-order valence-electron chi connectivity index (χ1n) is 8.16. The average molecular weight is 326 g/mol. The molecule has 0 spiro atoms. The van der Waals surface area contributed by atoms with Gasteiger partial charge in [-0.1, -0.05) is 13.3 Å². The van der Waals surface area contributed by atoms with E-state index >= 15 is 0 Å². The lowest BCUT2D eigenvalue weighted by molar-refractivity contribution is -0.144. The van der Waals surface area contributed by atoms with Crippen molar-refractivity contribution in [1.29, 1.82) is 0 Å². The third-order valence-electron chi connectivity index (χ3n) is 4.51. The van der Waals surface area contributed by atoms with Crippen molar-refractivity contribution in [2.24, 2.45) is 5.92 Å². The molecule has 0 unspecified atom stereocenters. The molecular formula is C16H26N2O5. The Morgan fingerprint density at radius 3 is 2.48 bits per heavy atom. The Kier molecular flexibility index (Phi) is 4.59. The molecule has 7 heteroatoms. The zero-order valence-corrected chi connectivity index (χ0v) is 14.2. The standard InChI is InChI=1S/C16H26N2O5/c1-5-10-9-16(10,13(20)21)17-12(19)11-7-6-8-18(11)14(22)23-15(2,3)4/h10-11H,5-9H2,1-4H3,(H,17,19)(H,20,21)/t10-,11+,16-/m1/s1. The lowest BCUT2D eigenvalue weighted by atomic mass is 10.1. The lowest BCUT2D eigenvalue weighted by Crippen LogP contribution is -2.53. The fourth-order valence-electron chi connectivity index (χ4n) is 3.17. The lowest BCUT2D eigenvalue weighted by Gasteiger charge is -2.28. The molecule has 0 aromatic carbocycles. The topological polar surface area (TPSA) is 95.9 Å². The van der Waals surface area contributed by atoms with Crippen LogP contribution in [-0.2, 0) is 14.3 Å². The Morgan fingerprint density at radius 1 is 1.35 bits per heavy atom. The number of carboxylic acids is 1. The van der Waals surface area contributed by atoms with Crippen LogP contribution >= 0.6 is 0 Å². The van der Waals surface area contributed by atoms with Gasteiger partial charge in [0, 0.05) is 6.54 Å². The highest BCUT2D eigenvalue weighted by atomic mass is 16.6. The number of aliphatic carboxylic acids is 1. The molecule has 130 valence electrons. The predicted molar refractivity (Wildman–Crippen MR) is 82.9 cm³/mol. The van der Waals surface area contributed by atoms with Gasteiger partial charge in [-0.3, -0.25) is 9.69 Å². The number of ether oxygens (including phenoxy) is 1. The first-order valence-corrected chi connectivity index (χ1v) is 8.16. The number of carbonyl (C=O) groups excluding carboxylic acids is 2. The quantitative estimate of drug-likeness (QED) is 0.820. The first kappa shape index (κ1) is 17.6. The third kappa shape index (κ3) is 3.59. The number of nitrogens with zero attached hydrogens (tertiary/aromatic N) is 1. The van der Waals surface area contributed by atoms with Crippen LogP contribution in [0.4, 0.5) is 4.79 Å². The minimum Gasteiger partial charge on any atom is -0.479 e. The molecule has 1 aliphatic carbocycles. The van der Waals surface area contributed by atoms with Crippen molar-refractivity contribution in [3.8, 4) is 0 Å². The zero-order valence-electron chi connectivity index (χ0n) is 14.2. The van der Waals surface area contributed by atoms with Crippen molar-refractivity contribution in [2.45, 2.75) is 70.6 Å². The molecule has 0 radical (unpaired) electrons. The van der Waals surface area contributed by atoms with Crippen LogP contribution in [-0.4, -0.2) is 51.7 Å². The van der Waals surface area contributed by atoms with E-state index in [9.17, 15) is 19.5 Å². The van der Waals surface area contributed by atoms with Crippen LogP contribution < -0.4 is 5.32 Å². The van der Waals surface area contributed by atoms with Gasteiger partial charge in [-0.05, 0) is 46.0 Å². The third-order valence-corrected chi connectivity index (χ3v) is 4.51. The smallest absolute Gasteiger partial charge is 0.410 e. The van der Waals surface area contributed by atoms with Gasteiger partial charge in [-0.15, -0.1) is 0 Å². The number of amides is 2. The van der Waals surface area contributed by atoms with Crippen LogP contribution in [0, 0.1) is 5.92 Å². The predicted octanol–water partition coefficient (Wildman–Crippen LogP) is 1.76. The van der Waals surface area contributed by atoms with Crippen LogP contribution in [0.1, 0.15) is 53.4 Å². The molecule has 0 aromatic rings. The fraction of sp³-hybridized carbons (Fsp3) is 0.812. The number of likely N-dealkylation sites (tertiary alicyclic amines) is 1. The van der Waals surface area contributed by atoms with Crippen LogP contribution in [0.2, 0.25) is 0 Å². The molecule has 0 aromatic heterocycles. The van der Waals surface area contributed by atoms with Gasteiger partial charge < -0.3 is 15.2 Å². The van der Waals surface area contributed by atoms with E-state index in [0.29, 0.717) is 32.2 Å². The summed E-state index contributed by atoms with van der Waals surface area (Å²) in [4.78, 5) is 37.6. The summed E-state index contributed by atoms with van der Waals surface area (Å²) >= 11 is 0. The molecule has 1 saturated carbocycles. The molecule has 1 heterocycles. The molecular weight excluding hydrogens is 300 g/mol. The second-order valence-electron chi connectivity index (χ2n) is 7.41. The molecule has 2 N–H and O–H groups in total. The summed E-state index contributed by atoms with van der Waals surface area (Å²) in [6, 6.07) is -0.654. The summed E-state index contributed by atoms with van der Waals surface area (Å²) in [5, 5.41) is 12.1. The van der Waals surface area contributed by atoms with Gasteiger partial charge in [0.1, 0.15) is 17.2 Å². The Balaban J connectivity index is 2.04. The molecule has 1 saturated heterocycles. The maximum atomic E-state index is 12.5. The molecule has 2 amide bonds. The number of carbonyl (C=O) groups is 3. The number of hydrogen-bond donors (Lipinski definition) is 2. The van der Waals surface area contributed by atoms with Gasteiger partial charge in [0.05, 0.1) is 0 Å². The highest BCUT2D eigenvalue weighted by Gasteiger charge is 2.61. The largest absolute Gasteiger partial charge is 0.479 e. The van der Waals surface area contributed by atoms with Gasteiger partial charge in [0.2, 0.25) is 5.91 Å². The normalized spacial score (nSPS) is 30.0. The van der Waals surface area contributed by atoms with Gasteiger partial charge >= 0.3 is 12.1 Å². The summed E-state index contributed by atoms with van der Waals surface area (Å²) < 4.78 is 5.33. The number of nitrogens with one attached hydrogen (secondary N) is 1. The molecule has 2 fully saturated rings. The van der Waals surface area contributed by atoms with Crippen LogP contribution in [0.25, 0.3) is 0 Å². The van der Waals surface area contributed by atoms with Crippen LogP contribution in [0.5, 0.6) is 0 Å². The highest BCUT2D eigenvalue weighted by molar-refractivity contribution is 5.93. The fourth-order valence-corrected chi connectivity index (χ4v) is 3.17. The Morgan fingerprint density at radius 2 is 2.00 bits per heavy atom. The van der Waals surface area contributed by atoms with Crippen molar-refractivity contribution in [3.05, 3.63) is 0 Å². The molecule has 7 nitrogen and oxygen atoms in total. The maximum absolute atomic E-state index is 12.5. The molecule has 0 bridgehead atoms. The molecule has 1 aliphatic heterocycles. The molecule has 2 aliphatic rings. The monoisotopic (exact) mass is 326 g/mol. The van der Waals surface area contributed by atoms with Gasteiger partial charge in [0.25, 0.3) is 0 Å². The SMILES string of the molecule is CC[C@@H]1C[C@]1(NC(=O)[C@@H]1CCCN1C(=O)OC(C)(C)C)C(=O)O. The van der Waals surface area contributed by atoms with E-state index in [-0.39, 0.29) is 5.92 Å². The van der Waals surface area contributed by atoms with E-state index in [1.165, 1.54) is 4.90 Å². The highest BCUT2D eigenvalue weighted by Crippen LogP contribution is 2.46. The second kappa shape index (κ2) is 6.02. The molecule has 23 heavy (non-hydrogen) atoms. The van der Waals surface area contributed by atoms with E-state index in [2.05, 4.69) is 5.32 Å². The van der Waals surface area contributed by atoms with E-state index in [1.54, 1.807) is 20.8 Å².